The van der Waals surface area contributed by atoms with Crippen LogP contribution in [0.25, 0.3) is 0 Å². The highest BCUT2D eigenvalue weighted by Gasteiger charge is 2.23. The molecular weight excluding hydrogens is 354 g/mol. The van der Waals surface area contributed by atoms with Crippen molar-refractivity contribution in [3.8, 4) is 0 Å². The zero-order chi connectivity index (χ0) is 20.5. The highest BCUT2D eigenvalue weighted by molar-refractivity contribution is 5.78. The molecule has 0 aromatic carbocycles. The van der Waals surface area contributed by atoms with E-state index in [1.807, 2.05) is 18.7 Å². The Morgan fingerprint density at radius 1 is 0.964 bits per heavy atom. The van der Waals surface area contributed by atoms with Crippen molar-refractivity contribution in [1.82, 2.24) is 25.3 Å². The van der Waals surface area contributed by atoms with Gasteiger partial charge in [-0.3, -0.25) is 9.69 Å². The lowest BCUT2D eigenvalue weighted by atomic mass is 9.92. The molecule has 0 aliphatic carbocycles. The number of amides is 3. The Kier molecular flexibility index (Phi) is 9.51. The summed E-state index contributed by atoms with van der Waals surface area (Å²) < 4.78 is 0. The fourth-order valence-corrected chi connectivity index (χ4v) is 4.42. The van der Waals surface area contributed by atoms with E-state index >= 15 is 0 Å². The Balaban J connectivity index is 1.53. The van der Waals surface area contributed by atoms with Crippen LogP contribution in [0.5, 0.6) is 0 Å². The van der Waals surface area contributed by atoms with Gasteiger partial charge in [0.25, 0.3) is 0 Å². The summed E-state index contributed by atoms with van der Waals surface area (Å²) in [5.74, 6) is 1.67. The minimum atomic E-state index is 0.0338. The van der Waals surface area contributed by atoms with Gasteiger partial charge in [-0.1, -0.05) is 13.8 Å². The number of carbonyl (C=O) groups is 2. The van der Waals surface area contributed by atoms with E-state index in [2.05, 4.69) is 34.3 Å². The lowest BCUT2D eigenvalue weighted by Gasteiger charge is -2.35. The summed E-state index contributed by atoms with van der Waals surface area (Å²) in [5, 5.41) is 5.98. The van der Waals surface area contributed by atoms with Crippen molar-refractivity contribution >= 4 is 11.9 Å². The van der Waals surface area contributed by atoms with Gasteiger partial charge in [0.1, 0.15) is 0 Å². The van der Waals surface area contributed by atoms with Crippen LogP contribution in [0.2, 0.25) is 0 Å². The third-order valence-electron chi connectivity index (χ3n) is 5.60. The maximum absolute atomic E-state index is 12.3. The molecule has 0 bridgehead atoms. The van der Waals surface area contributed by atoms with E-state index in [0.717, 1.165) is 50.9 Å². The maximum atomic E-state index is 12.3. The van der Waals surface area contributed by atoms with Gasteiger partial charge in [0.05, 0.1) is 6.54 Å². The number of piperazine rings is 1. The summed E-state index contributed by atoms with van der Waals surface area (Å²) in [6, 6.07) is 0.202. The maximum Gasteiger partial charge on any atom is 0.317 e. The van der Waals surface area contributed by atoms with Gasteiger partial charge in [-0.05, 0) is 51.5 Å². The number of unbranched alkanes of at least 4 members (excludes halogenated alkanes) is 1. The van der Waals surface area contributed by atoms with Gasteiger partial charge in [0.15, 0.2) is 0 Å². The average Bonchev–Trinajstić information content (AvgIpc) is 2.60. The number of hydrogen-bond acceptors (Lipinski definition) is 4. The summed E-state index contributed by atoms with van der Waals surface area (Å²) in [7, 11) is 0. The third kappa shape index (κ3) is 8.35. The molecule has 0 spiro atoms. The zero-order valence-corrected chi connectivity index (χ0v) is 18.4. The van der Waals surface area contributed by atoms with Crippen LogP contribution in [0.1, 0.15) is 47.0 Å². The molecule has 2 aliphatic heterocycles. The molecule has 0 aromatic rings. The SMILES string of the molecule is CC1CC(C)CN(CCCCNC(=O)N2CCN(CC(=O)NC(C)C)CC2)C1. The van der Waals surface area contributed by atoms with Crippen molar-refractivity contribution in [2.75, 3.05) is 58.9 Å². The zero-order valence-electron chi connectivity index (χ0n) is 18.4. The van der Waals surface area contributed by atoms with Gasteiger partial charge in [-0.25, -0.2) is 4.79 Å². The molecule has 3 amide bonds. The molecule has 2 saturated heterocycles. The van der Waals surface area contributed by atoms with Crippen LogP contribution in [0.3, 0.4) is 0 Å². The standard InChI is InChI=1S/C21H41N5O2/c1-17(2)23-20(27)16-24-9-11-26(12-10-24)21(28)22-7-5-6-8-25-14-18(3)13-19(4)15-25/h17-19H,5-16H2,1-4H3,(H,22,28)(H,23,27). The molecular formula is C21H41N5O2. The Bertz CT molecular complexity index is 481. The van der Waals surface area contributed by atoms with Crippen molar-refractivity contribution in [1.29, 1.82) is 0 Å². The number of hydrogen-bond donors (Lipinski definition) is 2. The molecule has 2 unspecified atom stereocenters. The van der Waals surface area contributed by atoms with Gasteiger partial charge in [0.2, 0.25) is 5.91 Å². The van der Waals surface area contributed by atoms with Gasteiger partial charge < -0.3 is 20.4 Å². The van der Waals surface area contributed by atoms with Crippen LogP contribution in [-0.2, 0) is 4.79 Å². The normalized spacial score (nSPS) is 24.4. The molecule has 0 aromatic heterocycles. The number of carbonyl (C=O) groups excluding carboxylic acids is 2. The summed E-state index contributed by atoms with van der Waals surface area (Å²) in [6.07, 6.45) is 3.51. The molecule has 2 atom stereocenters. The van der Waals surface area contributed by atoms with E-state index < -0.39 is 0 Å². The van der Waals surface area contributed by atoms with E-state index in [9.17, 15) is 9.59 Å². The van der Waals surface area contributed by atoms with Gasteiger partial charge in [-0.15, -0.1) is 0 Å². The highest BCUT2D eigenvalue weighted by Crippen LogP contribution is 2.20. The highest BCUT2D eigenvalue weighted by atomic mass is 16.2. The third-order valence-corrected chi connectivity index (χ3v) is 5.60. The molecule has 2 rings (SSSR count). The second-order valence-corrected chi connectivity index (χ2v) is 9.13. The van der Waals surface area contributed by atoms with E-state index in [1.165, 1.54) is 19.5 Å². The topological polar surface area (TPSA) is 67.9 Å². The lowest BCUT2D eigenvalue weighted by molar-refractivity contribution is -0.123. The second-order valence-electron chi connectivity index (χ2n) is 9.13. The molecule has 2 fully saturated rings. The van der Waals surface area contributed by atoms with Crippen molar-refractivity contribution in [2.24, 2.45) is 11.8 Å². The Morgan fingerprint density at radius 3 is 2.21 bits per heavy atom. The fourth-order valence-electron chi connectivity index (χ4n) is 4.42. The minimum Gasteiger partial charge on any atom is -0.353 e. The summed E-state index contributed by atoms with van der Waals surface area (Å²) in [4.78, 5) is 30.7. The van der Waals surface area contributed by atoms with E-state index in [-0.39, 0.29) is 18.0 Å². The molecule has 7 nitrogen and oxygen atoms in total. The van der Waals surface area contributed by atoms with Crippen LogP contribution in [0.15, 0.2) is 0 Å². The molecule has 0 saturated carbocycles. The molecule has 2 heterocycles. The number of nitrogens with zero attached hydrogens (tertiary/aromatic N) is 3. The first kappa shape index (κ1) is 22.9. The molecule has 0 radical (unpaired) electrons. The van der Waals surface area contributed by atoms with E-state index in [1.54, 1.807) is 0 Å². The molecule has 162 valence electrons. The van der Waals surface area contributed by atoms with Crippen molar-refractivity contribution < 1.29 is 9.59 Å². The largest absolute Gasteiger partial charge is 0.353 e. The summed E-state index contributed by atoms with van der Waals surface area (Å²) in [6.45, 7) is 16.2. The Morgan fingerprint density at radius 2 is 1.61 bits per heavy atom. The molecule has 2 N–H and O–H groups in total. The minimum absolute atomic E-state index is 0.0338. The molecule has 2 aliphatic rings. The predicted octanol–water partition coefficient (Wildman–Crippen LogP) is 1.60. The first-order valence-electron chi connectivity index (χ1n) is 11.1. The Labute approximate surface area is 171 Å². The number of likely N-dealkylation sites (tertiary alicyclic amines) is 1. The van der Waals surface area contributed by atoms with Gasteiger partial charge in [-0.2, -0.15) is 0 Å². The van der Waals surface area contributed by atoms with Gasteiger partial charge in [0, 0.05) is 51.9 Å². The van der Waals surface area contributed by atoms with Gasteiger partial charge >= 0.3 is 6.03 Å². The summed E-state index contributed by atoms with van der Waals surface area (Å²) >= 11 is 0. The fraction of sp³-hybridized carbons (Fsp3) is 0.905. The van der Waals surface area contributed by atoms with E-state index in [4.69, 9.17) is 0 Å². The predicted molar refractivity (Wildman–Crippen MR) is 113 cm³/mol. The second kappa shape index (κ2) is 11.6. The first-order valence-corrected chi connectivity index (χ1v) is 11.1. The van der Waals surface area contributed by atoms with Crippen LogP contribution < -0.4 is 10.6 Å². The lowest BCUT2D eigenvalue weighted by Crippen LogP contribution is -2.53. The average molecular weight is 396 g/mol. The van der Waals surface area contributed by atoms with Crippen molar-refractivity contribution in [3.63, 3.8) is 0 Å². The molecule has 28 heavy (non-hydrogen) atoms. The van der Waals surface area contributed by atoms with Crippen LogP contribution >= 0.6 is 0 Å². The monoisotopic (exact) mass is 395 g/mol. The van der Waals surface area contributed by atoms with Crippen LogP contribution in [0, 0.1) is 11.8 Å². The quantitative estimate of drug-likeness (QED) is 0.613. The number of piperidine rings is 1. The van der Waals surface area contributed by atoms with Crippen molar-refractivity contribution in [3.05, 3.63) is 0 Å². The number of rotatable bonds is 8. The first-order chi connectivity index (χ1) is 13.3. The van der Waals surface area contributed by atoms with Crippen LogP contribution in [0.4, 0.5) is 4.79 Å². The summed E-state index contributed by atoms with van der Waals surface area (Å²) in [5.41, 5.74) is 0. The number of nitrogens with one attached hydrogen (secondary N) is 2. The molecule has 7 heteroatoms. The van der Waals surface area contributed by atoms with Crippen molar-refractivity contribution in [2.45, 2.75) is 53.0 Å². The number of urea groups is 1. The van der Waals surface area contributed by atoms with E-state index in [0.29, 0.717) is 19.6 Å². The smallest absolute Gasteiger partial charge is 0.317 e. The van der Waals surface area contributed by atoms with Crippen LogP contribution in [-0.4, -0.2) is 91.6 Å². The Hall–Kier alpha value is -1.34.